The molecule has 0 unspecified atom stereocenters. The molecule has 0 saturated carbocycles. The van der Waals surface area contributed by atoms with Crippen LogP contribution < -0.4 is 9.64 Å². The molecule has 11 heteroatoms. The van der Waals surface area contributed by atoms with Gasteiger partial charge in [-0.1, -0.05) is 29.8 Å². The number of carboxylic acids is 1. The Kier molecular flexibility index (Phi) is 9.55. The zero-order valence-corrected chi connectivity index (χ0v) is 27.2. The molecule has 44 heavy (non-hydrogen) atoms. The standard InChI is InChI=1S/C33H43ClN4O6/c1-21-9-7-8-16-42-33(6)12-14-37(15-13-33)30-28(29(31(39)40)44-32(3,4)5)22(2)35-27-18-25(36-38(27)30)20-41-19-23-10-11-24(34)17-26(23)43-21/h7-8,10-11,17-18,21,29H,9,12-16,19-20H2,1-6H3,(H,39,40)/b8-7-/t21-,29-/m0/s1. The molecule has 1 aromatic carbocycles. The van der Waals surface area contributed by atoms with Crippen molar-refractivity contribution in [1.29, 1.82) is 0 Å². The number of ether oxygens (including phenoxy) is 4. The van der Waals surface area contributed by atoms with Crippen LogP contribution in [-0.4, -0.2) is 62.7 Å². The molecule has 1 saturated heterocycles. The van der Waals surface area contributed by atoms with Crippen LogP contribution in [-0.2, 0) is 32.2 Å². The molecule has 1 N–H and O–H groups in total. The molecular formula is C33H43ClN4O6. The normalized spacial score (nSPS) is 23.2. The Morgan fingerprint density at radius 1 is 1.18 bits per heavy atom. The highest BCUT2D eigenvalue weighted by Gasteiger charge is 2.37. The van der Waals surface area contributed by atoms with E-state index >= 15 is 0 Å². The maximum Gasteiger partial charge on any atom is 0.337 e. The summed E-state index contributed by atoms with van der Waals surface area (Å²) in [5, 5.41) is 15.8. The summed E-state index contributed by atoms with van der Waals surface area (Å²) in [6.45, 7) is 13.9. The maximum atomic E-state index is 12.7. The molecule has 0 radical (unpaired) electrons. The van der Waals surface area contributed by atoms with Crippen LogP contribution in [0.4, 0.5) is 5.82 Å². The molecule has 3 aliphatic rings. The third-order valence-corrected chi connectivity index (χ3v) is 8.20. The zero-order valence-electron chi connectivity index (χ0n) is 26.4. The van der Waals surface area contributed by atoms with Crippen molar-refractivity contribution >= 4 is 29.0 Å². The number of nitrogens with zero attached hydrogens (tertiary/aromatic N) is 4. The van der Waals surface area contributed by atoms with Crippen molar-refractivity contribution in [3.05, 3.63) is 64.0 Å². The second-order valence-electron chi connectivity index (χ2n) is 12.9. The van der Waals surface area contributed by atoms with Crippen molar-refractivity contribution < 1.29 is 28.8 Å². The summed E-state index contributed by atoms with van der Waals surface area (Å²) >= 11 is 6.30. The molecule has 10 nitrogen and oxygen atoms in total. The van der Waals surface area contributed by atoms with Crippen LogP contribution in [0.2, 0.25) is 5.02 Å². The van der Waals surface area contributed by atoms with Crippen molar-refractivity contribution in [1.82, 2.24) is 14.6 Å². The van der Waals surface area contributed by atoms with Crippen LogP contribution in [0.15, 0.2) is 36.4 Å². The average molecular weight is 627 g/mol. The van der Waals surface area contributed by atoms with Gasteiger partial charge in [-0.25, -0.2) is 9.78 Å². The number of anilines is 1. The molecule has 238 valence electrons. The van der Waals surface area contributed by atoms with E-state index in [0.29, 0.717) is 65.5 Å². The van der Waals surface area contributed by atoms with E-state index in [-0.39, 0.29) is 18.3 Å². The topological polar surface area (TPSA) is 108 Å². The Balaban J connectivity index is 1.57. The van der Waals surface area contributed by atoms with Crippen molar-refractivity contribution in [2.45, 2.75) is 97.4 Å². The Hall–Kier alpha value is -3.18. The molecule has 2 atom stereocenters. The Labute approximate surface area is 263 Å². The molecule has 0 spiro atoms. The van der Waals surface area contributed by atoms with Gasteiger partial charge in [0.2, 0.25) is 0 Å². The monoisotopic (exact) mass is 626 g/mol. The number of aromatic nitrogens is 3. The van der Waals surface area contributed by atoms with Crippen LogP contribution in [0, 0.1) is 6.92 Å². The molecule has 5 heterocycles. The van der Waals surface area contributed by atoms with Crippen molar-refractivity contribution in [2.75, 3.05) is 24.6 Å². The fraction of sp³-hybridized carbons (Fsp3) is 0.545. The highest BCUT2D eigenvalue weighted by atomic mass is 35.5. The van der Waals surface area contributed by atoms with Gasteiger partial charge in [-0.15, -0.1) is 0 Å². The quantitative estimate of drug-likeness (QED) is 0.328. The van der Waals surface area contributed by atoms with Crippen LogP contribution in [0.3, 0.4) is 0 Å². The lowest BCUT2D eigenvalue weighted by Crippen LogP contribution is -2.45. The van der Waals surface area contributed by atoms with E-state index in [0.717, 1.165) is 24.8 Å². The van der Waals surface area contributed by atoms with Crippen molar-refractivity contribution in [3.8, 4) is 5.75 Å². The van der Waals surface area contributed by atoms with Gasteiger partial charge < -0.3 is 29.0 Å². The summed E-state index contributed by atoms with van der Waals surface area (Å²) < 4.78 is 26.6. The number of carbonyl (C=O) groups is 1. The van der Waals surface area contributed by atoms with Gasteiger partial charge in [0.15, 0.2) is 11.8 Å². The minimum absolute atomic E-state index is 0.0647. The molecule has 0 aliphatic carbocycles. The molecule has 0 amide bonds. The molecule has 6 rings (SSSR count). The van der Waals surface area contributed by atoms with Gasteiger partial charge >= 0.3 is 5.97 Å². The highest BCUT2D eigenvalue weighted by molar-refractivity contribution is 6.30. The van der Waals surface area contributed by atoms with Gasteiger partial charge in [-0.3, -0.25) is 0 Å². The molecule has 4 bridgehead atoms. The van der Waals surface area contributed by atoms with Crippen molar-refractivity contribution in [3.63, 3.8) is 0 Å². The molecular weight excluding hydrogens is 584 g/mol. The second kappa shape index (κ2) is 13.0. The predicted octanol–water partition coefficient (Wildman–Crippen LogP) is 6.45. The number of piperidine rings is 1. The maximum absolute atomic E-state index is 12.7. The fourth-order valence-corrected chi connectivity index (χ4v) is 5.82. The van der Waals surface area contributed by atoms with Crippen molar-refractivity contribution in [2.24, 2.45) is 0 Å². The fourth-order valence-electron chi connectivity index (χ4n) is 5.66. The van der Waals surface area contributed by atoms with E-state index in [1.54, 1.807) is 4.52 Å². The molecule has 3 aliphatic heterocycles. The van der Waals surface area contributed by atoms with Gasteiger partial charge in [-0.05, 0) is 66.5 Å². The second-order valence-corrected chi connectivity index (χ2v) is 13.4. The smallest absolute Gasteiger partial charge is 0.337 e. The predicted molar refractivity (Wildman–Crippen MR) is 169 cm³/mol. The zero-order chi connectivity index (χ0) is 31.6. The number of halogens is 1. The van der Waals surface area contributed by atoms with Gasteiger partial charge in [0, 0.05) is 41.9 Å². The minimum atomic E-state index is -1.23. The van der Waals surface area contributed by atoms with E-state index in [4.69, 9.17) is 40.6 Å². The third kappa shape index (κ3) is 7.54. The van der Waals surface area contributed by atoms with Gasteiger partial charge in [0.25, 0.3) is 0 Å². The third-order valence-electron chi connectivity index (χ3n) is 7.96. The van der Waals surface area contributed by atoms with E-state index < -0.39 is 17.7 Å². The van der Waals surface area contributed by atoms with Crippen LogP contribution in [0.25, 0.3) is 5.65 Å². The summed E-state index contributed by atoms with van der Waals surface area (Å²) in [4.78, 5) is 19.6. The minimum Gasteiger partial charge on any atom is -0.490 e. The highest BCUT2D eigenvalue weighted by Crippen LogP contribution is 2.38. The number of aryl methyl sites for hydroxylation is 1. The number of aliphatic carboxylic acids is 1. The van der Waals surface area contributed by atoms with E-state index in [2.05, 4.69) is 17.9 Å². The SMILES string of the molecule is Cc1nc2cc3nn2c(c1[C@H](OC(C)(C)C)C(=O)O)N1CCC(C)(CC1)OC/C=C\C[C@H](C)Oc1cc(Cl)ccc1COC3. The lowest BCUT2D eigenvalue weighted by atomic mass is 9.92. The first-order valence-electron chi connectivity index (χ1n) is 15.2. The first-order chi connectivity index (χ1) is 20.8. The van der Waals surface area contributed by atoms with Gasteiger partial charge in [-0.2, -0.15) is 9.61 Å². The van der Waals surface area contributed by atoms with Gasteiger partial charge in [0.1, 0.15) is 11.6 Å². The van der Waals surface area contributed by atoms with E-state index in [1.165, 1.54) is 0 Å². The Bertz CT molecular complexity index is 1520. The first-order valence-corrected chi connectivity index (χ1v) is 15.6. The van der Waals surface area contributed by atoms with Crippen LogP contribution in [0.5, 0.6) is 5.75 Å². The summed E-state index contributed by atoms with van der Waals surface area (Å²) in [6, 6.07) is 7.42. The van der Waals surface area contributed by atoms with E-state index in [1.807, 2.05) is 65.0 Å². The van der Waals surface area contributed by atoms with Crippen LogP contribution in [0.1, 0.15) is 82.5 Å². The summed E-state index contributed by atoms with van der Waals surface area (Å²) in [5.41, 5.74) is 2.24. The largest absolute Gasteiger partial charge is 0.490 e. The Morgan fingerprint density at radius 3 is 2.64 bits per heavy atom. The summed E-state index contributed by atoms with van der Waals surface area (Å²) in [6.07, 6.45) is 5.07. The summed E-state index contributed by atoms with van der Waals surface area (Å²) in [7, 11) is 0. The average Bonchev–Trinajstić information content (AvgIpc) is 3.34. The molecule has 1 fully saturated rings. The first kappa shape index (κ1) is 32.2. The number of hydrogen-bond donors (Lipinski definition) is 1. The number of carboxylic acid groups (broad SMARTS) is 1. The lowest BCUT2D eigenvalue weighted by molar-refractivity contribution is -0.160. The number of fused-ring (bicyclic) bond motifs is 9. The van der Waals surface area contributed by atoms with Crippen LogP contribution >= 0.6 is 11.6 Å². The number of rotatable bonds is 3. The van der Waals surface area contributed by atoms with Gasteiger partial charge in [0.05, 0.1) is 48.4 Å². The number of hydrogen-bond acceptors (Lipinski definition) is 8. The summed E-state index contributed by atoms with van der Waals surface area (Å²) in [5.74, 6) is 0.281. The van der Waals surface area contributed by atoms with E-state index in [9.17, 15) is 9.90 Å². The molecule has 2 aromatic heterocycles. The number of benzene rings is 1. The Morgan fingerprint density at radius 2 is 1.93 bits per heavy atom. The lowest BCUT2D eigenvalue weighted by Gasteiger charge is -2.41. The molecule has 3 aromatic rings.